The average molecular weight is 435 g/mol. The highest BCUT2D eigenvalue weighted by Crippen LogP contribution is 2.31. The van der Waals surface area contributed by atoms with Gasteiger partial charge in [0.05, 0.1) is 22.3 Å². The van der Waals surface area contributed by atoms with E-state index in [-0.39, 0.29) is 11.7 Å². The quantitative estimate of drug-likeness (QED) is 0.330. The second kappa shape index (κ2) is 7.70. The lowest BCUT2D eigenvalue weighted by molar-refractivity contribution is -0.113. The van der Waals surface area contributed by atoms with Crippen molar-refractivity contribution in [2.24, 2.45) is 0 Å². The first-order valence-corrected chi connectivity index (χ1v) is 11.1. The summed E-state index contributed by atoms with van der Waals surface area (Å²) in [6, 6.07) is 20.0. The molecular formula is C23H19ClN4OS. The van der Waals surface area contributed by atoms with Crippen LogP contribution in [0.15, 0.2) is 65.8 Å². The third-order valence-electron chi connectivity index (χ3n) is 5.14. The normalized spacial score (nSPS) is 11.5. The Kier molecular flexibility index (Phi) is 4.89. The van der Waals surface area contributed by atoms with Crippen molar-refractivity contribution in [3.8, 4) is 0 Å². The molecule has 0 atom stereocenters. The zero-order valence-corrected chi connectivity index (χ0v) is 17.8. The van der Waals surface area contributed by atoms with Crippen LogP contribution < -0.4 is 5.32 Å². The lowest BCUT2D eigenvalue weighted by Gasteiger charge is -2.07. The van der Waals surface area contributed by atoms with Gasteiger partial charge in [-0.25, -0.2) is 4.98 Å². The van der Waals surface area contributed by atoms with Crippen LogP contribution in [0.5, 0.6) is 0 Å². The molecular weight excluding hydrogens is 416 g/mol. The number of nitrogens with one attached hydrogen (secondary N) is 2. The summed E-state index contributed by atoms with van der Waals surface area (Å²) in [5.41, 5.74) is 4.82. The van der Waals surface area contributed by atoms with Crippen molar-refractivity contribution in [3.63, 3.8) is 0 Å². The summed E-state index contributed by atoms with van der Waals surface area (Å²) in [7, 11) is 0. The number of thioether (sulfide) groups is 1. The van der Waals surface area contributed by atoms with Crippen LogP contribution in [-0.2, 0) is 11.3 Å². The maximum atomic E-state index is 12.5. The third-order valence-corrected chi connectivity index (χ3v) is 6.24. The maximum absolute atomic E-state index is 12.5. The third kappa shape index (κ3) is 3.42. The molecule has 0 aliphatic heterocycles. The van der Waals surface area contributed by atoms with Gasteiger partial charge in [0.1, 0.15) is 0 Å². The van der Waals surface area contributed by atoms with Crippen LogP contribution in [-0.4, -0.2) is 26.2 Å². The Morgan fingerprint density at radius 1 is 1.10 bits per heavy atom. The number of amides is 1. The number of halogens is 1. The fourth-order valence-corrected chi connectivity index (χ4v) is 4.68. The number of fused-ring (bicyclic) bond motifs is 4. The van der Waals surface area contributed by atoms with Gasteiger partial charge in [0.15, 0.2) is 5.16 Å². The number of aromatic amines is 1. The van der Waals surface area contributed by atoms with Crippen LogP contribution in [0.25, 0.3) is 32.8 Å². The number of benzene rings is 3. The number of aromatic nitrogens is 3. The molecule has 3 aromatic carbocycles. The predicted octanol–water partition coefficient (Wildman–Crippen LogP) is 6.07. The van der Waals surface area contributed by atoms with Crippen LogP contribution in [0.4, 0.5) is 5.69 Å². The molecule has 2 N–H and O–H groups in total. The molecule has 2 heterocycles. The summed E-state index contributed by atoms with van der Waals surface area (Å²) in [6.07, 6.45) is 0. The number of rotatable bonds is 5. The zero-order valence-electron chi connectivity index (χ0n) is 16.3. The summed E-state index contributed by atoms with van der Waals surface area (Å²) in [4.78, 5) is 20.2. The van der Waals surface area contributed by atoms with Crippen LogP contribution >= 0.6 is 23.4 Å². The molecule has 0 saturated carbocycles. The topological polar surface area (TPSA) is 62.7 Å². The Morgan fingerprint density at radius 3 is 2.80 bits per heavy atom. The molecule has 30 heavy (non-hydrogen) atoms. The lowest BCUT2D eigenvalue weighted by atomic mass is 10.1. The van der Waals surface area contributed by atoms with Gasteiger partial charge in [0.2, 0.25) is 5.91 Å². The molecule has 7 heteroatoms. The van der Waals surface area contributed by atoms with Gasteiger partial charge in [-0.15, -0.1) is 0 Å². The molecule has 0 fully saturated rings. The number of aryl methyl sites for hydroxylation is 1. The predicted molar refractivity (Wildman–Crippen MR) is 126 cm³/mol. The number of anilines is 1. The second-order valence-electron chi connectivity index (χ2n) is 7.03. The highest BCUT2D eigenvalue weighted by Gasteiger charge is 2.12. The smallest absolute Gasteiger partial charge is 0.234 e. The van der Waals surface area contributed by atoms with E-state index in [4.69, 9.17) is 11.6 Å². The number of carbonyl (C=O) groups excluding carboxylic acids is 1. The summed E-state index contributed by atoms with van der Waals surface area (Å²) >= 11 is 7.38. The number of hydrogen-bond acceptors (Lipinski definition) is 3. The number of carbonyl (C=O) groups is 1. The van der Waals surface area contributed by atoms with Gasteiger partial charge < -0.3 is 14.9 Å². The average Bonchev–Trinajstić information content (AvgIpc) is 3.29. The van der Waals surface area contributed by atoms with Crippen LogP contribution in [0.2, 0.25) is 5.02 Å². The van der Waals surface area contributed by atoms with Crippen molar-refractivity contribution < 1.29 is 4.79 Å². The summed E-state index contributed by atoms with van der Waals surface area (Å²) < 4.78 is 2.27. The van der Waals surface area contributed by atoms with E-state index in [0.29, 0.717) is 10.2 Å². The van der Waals surface area contributed by atoms with Crippen molar-refractivity contribution in [1.82, 2.24) is 14.5 Å². The number of H-pyrrole nitrogens is 1. The Hall–Kier alpha value is -2.96. The maximum Gasteiger partial charge on any atom is 0.234 e. The summed E-state index contributed by atoms with van der Waals surface area (Å²) in [5.74, 6) is 0.194. The molecule has 0 spiro atoms. The Labute approximate surface area is 182 Å². The van der Waals surface area contributed by atoms with Crippen molar-refractivity contribution in [2.75, 3.05) is 11.1 Å². The summed E-state index contributed by atoms with van der Waals surface area (Å²) in [6.45, 7) is 3.00. The van der Waals surface area contributed by atoms with Crippen molar-refractivity contribution in [2.45, 2.75) is 18.6 Å². The molecule has 5 rings (SSSR count). The summed E-state index contributed by atoms with van der Waals surface area (Å²) in [5, 5.41) is 6.78. The first kappa shape index (κ1) is 19.0. The van der Waals surface area contributed by atoms with Gasteiger partial charge in [-0.3, -0.25) is 4.79 Å². The number of hydrogen-bond donors (Lipinski definition) is 2. The number of imidazole rings is 1. The Balaban J connectivity index is 1.34. The van der Waals surface area contributed by atoms with Gasteiger partial charge >= 0.3 is 0 Å². The van der Waals surface area contributed by atoms with E-state index in [1.54, 1.807) is 6.07 Å². The highest BCUT2D eigenvalue weighted by atomic mass is 35.5. The number of nitrogens with zero attached hydrogens (tertiary/aromatic N) is 2. The fourth-order valence-electron chi connectivity index (χ4n) is 3.83. The molecule has 5 aromatic rings. The van der Waals surface area contributed by atoms with Crippen molar-refractivity contribution in [3.05, 3.63) is 65.7 Å². The standard InChI is InChI=1S/C23H19ClN4OS/c1-2-28-20-6-4-3-5-16(20)17-9-8-15(12-21(17)28)25-22(29)13-30-23-26-18-10-7-14(24)11-19(18)27-23/h3-12H,2,13H2,1H3,(H,25,29)(H,26,27). The molecule has 0 radical (unpaired) electrons. The van der Waals surface area contributed by atoms with Crippen molar-refractivity contribution >= 4 is 67.8 Å². The van der Waals surface area contributed by atoms with E-state index in [9.17, 15) is 4.79 Å². The van der Waals surface area contributed by atoms with Crippen LogP contribution in [0, 0.1) is 0 Å². The molecule has 0 aliphatic rings. The van der Waals surface area contributed by atoms with E-state index in [0.717, 1.165) is 28.8 Å². The minimum atomic E-state index is -0.0722. The first-order valence-electron chi connectivity index (χ1n) is 9.71. The van der Waals surface area contributed by atoms with Gasteiger partial charge in [-0.1, -0.05) is 47.6 Å². The second-order valence-corrected chi connectivity index (χ2v) is 8.43. The molecule has 0 saturated heterocycles. The van der Waals surface area contributed by atoms with Crippen LogP contribution in [0.1, 0.15) is 6.92 Å². The van der Waals surface area contributed by atoms with Gasteiger partial charge in [0.25, 0.3) is 0 Å². The van der Waals surface area contributed by atoms with E-state index in [1.807, 2.05) is 24.3 Å². The van der Waals surface area contributed by atoms with Gasteiger partial charge in [-0.2, -0.15) is 0 Å². The lowest BCUT2D eigenvalue weighted by Crippen LogP contribution is -2.14. The van der Waals surface area contributed by atoms with Gasteiger partial charge in [0, 0.05) is 33.5 Å². The largest absolute Gasteiger partial charge is 0.341 e. The highest BCUT2D eigenvalue weighted by molar-refractivity contribution is 7.99. The van der Waals surface area contributed by atoms with Gasteiger partial charge in [-0.05, 0) is 43.3 Å². The van der Waals surface area contributed by atoms with Crippen molar-refractivity contribution in [1.29, 1.82) is 0 Å². The monoisotopic (exact) mass is 434 g/mol. The van der Waals surface area contributed by atoms with E-state index in [2.05, 4.69) is 57.1 Å². The number of para-hydroxylation sites is 1. The molecule has 0 unspecified atom stereocenters. The molecule has 0 bridgehead atoms. The first-order chi connectivity index (χ1) is 14.6. The fraction of sp³-hybridized carbons (Fsp3) is 0.130. The molecule has 0 aliphatic carbocycles. The Bertz CT molecular complexity index is 1400. The minimum Gasteiger partial charge on any atom is -0.341 e. The van der Waals surface area contributed by atoms with E-state index in [1.165, 1.54) is 28.1 Å². The van der Waals surface area contributed by atoms with E-state index < -0.39 is 0 Å². The van der Waals surface area contributed by atoms with Crippen LogP contribution in [0.3, 0.4) is 0 Å². The molecule has 150 valence electrons. The SMILES string of the molecule is CCn1c2ccccc2c2ccc(NC(=O)CSc3nc4ccc(Cl)cc4[nH]3)cc21. The molecule has 2 aromatic heterocycles. The minimum absolute atomic E-state index is 0.0722. The molecule has 5 nitrogen and oxygen atoms in total. The Morgan fingerprint density at radius 2 is 1.93 bits per heavy atom. The van der Waals surface area contributed by atoms with E-state index >= 15 is 0 Å². The zero-order chi connectivity index (χ0) is 20.7. The molecule has 1 amide bonds.